The number of hydrogen-bond donors (Lipinski definition) is 0. The normalized spacial score (nSPS) is 18.8. The molecular weight excluding hydrogens is 322 g/mol. The predicted molar refractivity (Wildman–Crippen MR) is 83.0 cm³/mol. The molecule has 1 fully saturated rings. The molecule has 102 valence electrons. The van der Waals surface area contributed by atoms with Crippen molar-refractivity contribution in [2.45, 2.75) is 37.3 Å². The lowest BCUT2D eigenvalue weighted by Crippen LogP contribution is -2.28. The second-order valence-electron chi connectivity index (χ2n) is 5.39. The summed E-state index contributed by atoms with van der Waals surface area (Å²) in [6, 6.07) is 6.03. The third-order valence-corrected chi connectivity index (χ3v) is 6.47. The molecule has 3 nitrogen and oxygen atoms in total. The van der Waals surface area contributed by atoms with Gasteiger partial charge in [-0.05, 0) is 30.4 Å². The second kappa shape index (κ2) is 5.83. The zero-order valence-electron chi connectivity index (χ0n) is 10.9. The van der Waals surface area contributed by atoms with Crippen LogP contribution in [0.2, 0.25) is 0 Å². The van der Waals surface area contributed by atoms with Crippen LogP contribution in [0.5, 0.6) is 0 Å². The molecule has 0 atom stereocenters. The van der Waals surface area contributed by atoms with Gasteiger partial charge in [0.2, 0.25) is 0 Å². The Morgan fingerprint density at radius 2 is 2.05 bits per heavy atom. The van der Waals surface area contributed by atoms with Gasteiger partial charge in [0.1, 0.15) is 0 Å². The molecule has 0 radical (unpaired) electrons. The molecule has 1 saturated carbocycles. The van der Waals surface area contributed by atoms with Crippen molar-refractivity contribution >= 4 is 33.3 Å². The van der Waals surface area contributed by atoms with Crippen molar-refractivity contribution in [3.63, 3.8) is 0 Å². The van der Waals surface area contributed by atoms with E-state index >= 15 is 0 Å². The molecule has 0 unspecified atom stereocenters. The van der Waals surface area contributed by atoms with E-state index in [1.807, 2.05) is 36.2 Å². The molecule has 1 aliphatic rings. The van der Waals surface area contributed by atoms with Crippen molar-refractivity contribution < 1.29 is 0 Å². The minimum absolute atomic E-state index is 0.448. The predicted octanol–water partition coefficient (Wildman–Crippen LogP) is 4.17. The molecule has 0 aliphatic heterocycles. The van der Waals surface area contributed by atoms with Crippen molar-refractivity contribution in [1.82, 2.24) is 14.6 Å². The molecule has 1 aliphatic carbocycles. The molecule has 0 spiro atoms. The van der Waals surface area contributed by atoms with Gasteiger partial charge in [0.15, 0.2) is 10.8 Å². The third kappa shape index (κ3) is 2.82. The maximum Gasteiger partial charge on any atom is 0.195 e. The van der Waals surface area contributed by atoms with Gasteiger partial charge < -0.3 is 0 Å². The summed E-state index contributed by atoms with van der Waals surface area (Å²) >= 11 is 5.57. The Morgan fingerprint density at radius 3 is 2.84 bits per heavy atom. The lowest BCUT2D eigenvalue weighted by Gasteiger charge is -2.35. The summed E-state index contributed by atoms with van der Waals surface area (Å²) in [5, 5.41) is 10.6. The van der Waals surface area contributed by atoms with Gasteiger partial charge in [-0.3, -0.25) is 4.40 Å². The third-order valence-electron chi connectivity index (χ3n) is 3.99. The van der Waals surface area contributed by atoms with Gasteiger partial charge in [-0.25, -0.2) is 0 Å². The van der Waals surface area contributed by atoms with Crippen LogP contribution in [-0.2, 0) is 0 Å². The highest BCUT2D eigenvalue weighted by Gasteiger charge is 2.31. The zero-order valence-corrected chi connectivity index (χ0v) is 13.3. The van der Waals surface area contributed by atoms with E-state index in [9.17, 15) is 0 Å². The van der Waals surface area contributed by atoms with Crippen LogP contribution >= 0.6 is 27.7 Å². The Balaban J connectivity index is 1.74. The number of nitrogens with zero attached hydrogens (tertiary/aromatic N) is 3. The minimum Gasteiger partial charge on any atom is -0.277 e. The number of halogens is 1. The minimum atomic E-state index is 0.448. The van der Waals surface area contributed by atoms with Gasteiger partial charge >= 0.3 is 0 Å². The Hall–Kier alpha value is -0.550. The SMILES string of the molecule is BrCC1(CSc2nnc3ccccn23)CCCCC1. The van der Waals surface area contributed by atoms with Gasteiger partial charge in [0.05, 0.1) is 0 Å². The summed E-state index contributed by atoms with van der Waals surface area (Å²) < 4.78 is 2.08. The van der Waals surface area contributed by atoms with Crippen LogP contribution < -0.4 is 0 Å². The summed E-state index contributed by atoms with van der Waals surface area (Å²) in [4.78, 5) is 0. The average molecular weight is 340 g/mol. The van der Waals surface area contributed by atoms with E-state index in [1.54, 1.807) is 0 Å². The first-order valence-electron chi connectivity index (χ1n) is 6.82. The fourth-order valence-electron chi connectivity index (χ4n) is 2.75. The van der Waals surface area contributed by atoms with Crippen molar-refractivity contribution in [2.24, 2.45) is 5.41 Å². The van der Waals surface area contributed by atoms with Crippen LogP contribution in [0.1, 0.15) is 32.1 Å². The standard InChI is InChI=1S/C14H18BrN3S/c15-10-14(7-3-1-4-8-14)11-19-13-17-16-12-6-2-5-9-18(12)13/h2,5-6,9H,1,3-4,7-8,10-11H2. The lowest BCUT2D eigenvalue weighted by molar-refractivity contribution is 0.260. The van der Waals surface area contributed by atoms with Gasteiger partial charge in [0.25, 0.3) is 0 Å². The summed E-state index contributed by atoms with van der Waals surface area (Å²) in [6.07, 6.45) is 8.84. The van der Waals surface area contributed by atoms with E-state index in [-0.39, 0.29) is 0 Å². The summed E-state index contributed by atoms with van der Waals surface area (Å²) in [6.45, 7) is 0. The second-order valence-corrected chi connectivity index (χ2v) is 6.90. The van der Waals surface area contributed by atoms with Crippen LogP contribution in [-0.4, -0.2) is 25.7 Å². The van der Waals surface area contributed by atoms with E-state index < -0.39 is 0 Å². The van der Waals surface area contributed by atoms with Crippen LogP contribution in [0.4, 0.5) is 0 Å². The monoisotopic (exact) mass is 339 g/mol. The maximum atomic E-state index is 4.31. The largest absolute Gasteiger partial charge is 0.277 e. The number of fused-ring (bicyclic) bond motifs is 1. The lowest BCUT2D eigenvalue weighted by atomic mass is 9.77. The zero-order chi connectivity index (χ0) is 13.1. The summed E-state index contributed by atoms with van der Waals surface area (Å²) in [5.74, 6) is 1.13. The first-order chi connectivity index (χ1) is 9.33. The number of thioether (sulfide) groups is 1. The Morgan fingerprint density at radius 1 is 1.21 bits per heavy atom. The molecule has 3 rings (SSSR count). The number of aromatic nitrogens is 3. The molecule has 0 amide bonds. The van der Waals surface area contributed by atoms with E-state index in [0.717, 1.165) is 21.9 Å². The fraction of sp³-hybridized carbons (Fsp3) is 0.571. The Kier molecular flexibility index (Phi) is 4.12. The van der Waals surface area contributed by atoms with Gasteiger partial charge in [0, 0.05) is 17.3 Å². The van der Waals surface area contributed by atoms with Gasteiger partial charge in [-0.1, -0.05) is 53.0 Å². The molecule has 2 aromatic rings. The summed E-state index contributed by atoms with van der Waals surface area (Å²) in [5.41, 5.74) is 1.38. The van der Waals surface area contributed by atoms with Gasteiger partial charge in [-0.2, -0.15) is 0 Å². The molecule has 0 bridgehead atoms. The topological polar surface area (TPSA) is 30.2 Å². The Labute approximate surface area is 126 Å². The molecule has 0 saturated heterocycles. The highest BCUT2D eigenvalue weighted by molar-refractivity contribution is 9.09. The highest BCUT2D eigenvalue weighted by atomic mass is 79.9. The van der Waals surface area contributed by atoms with E-state index in [4.69, 9.17) is 0 Å². The summed E-state index contributed by atoms with van der Waals surface area (Å²) in [7, 11) is 0. The highest BCUT2D eigenvalue weighted by Crippen LogP contribution is 2.41. The van der Waals surface area contributed by atoms with E-state index in [0.29, 0.717) is 5.41 Å². The van der Waals surface area contributed by atoms with Crippen LogP contribution in [0.25, 0.3) is 5.65 Å². The fourth-order valence-corrected chi connectivity index (χ4v) is 4.99. The van der Waals surface area contributed by atoms with Crippen molar-refractivity contribution in [1.29, 1.82) is 0 Å². The van der Waals surface area contributed by atoms with Crippen LogP contribution in [0.15, 0.2) is 29.6 Å². The molecule has 5 heteroatoms. The molecule has 0 N–H and O–H groups in total. The first-order valence-corrected chi connectivity index (χ1v) is 8.92. The van der Waals surface area contributed by atoms with Crippen LogP contribution in [0, 0.1) is 5.41 Å². The van der Waals surface area contributed by atoms with Crippen molar-refractivity contribution in [2.75, 3.05) is 11.1 Å². The molecular formula is C14H18BrN3S. The smallest absolute Gasteiger partial charge is 0.195 e. The quantitative estimate of drug-likeness (QED) is 0.618. The average Bonchev–Trinajstić information content (AvgIpc) is 2.89. The first kappa shape index (κ1) is 13.4. The van der Waals surface area contributed by atoms with E-state index in [1.165, 1.54) is 32.1 Å². The maximum absolute atomic E-state index is 4.31. The van der Waals surface area contributed by atoms with Gasteiger partial charge in [-0.15, -0.1) is 10.2 Å². The molecule has 2 heterocycles. The number of hydrogen-bond acceptors (Lipinski definition) is 3. The van der Waals surface area contributed by atoms with E-state index in [2.05, 4.69) is 30.5 Å². The van der Waals surface area contributed by atoms with Crippen molar-refractivity contribution in [3.05, 3.63) is 24.4 Å². The number of alkyl halides is 1. The Bertz CT molecular complexity index is 548. The molecule has 2 aromatic heterocycles. The number of rotatable bonds is 4. The number of pyridine rings is 1. The van der Waals surface area contributed by atoms with Crippen LogP contribution in [0.3, 0.4) is 0 Å². The van der Waals surface area contributed by atoms with Crippen molar-refractivity contribution in [3.8, 4) is 0 Å². The molecule has 19 heavy (non-hydrogen) atoms. The molecule has 0 aromatic carbocycles.